The highest BCUT2D eigenvalue weighted by molar-refractivity contribution is 7.44. The predicted octanol–water partition coefficient (Wildman–Crippen LogP) is -0.103. The first-order valence-corrected chi connectivity index (χ1v) is 7.86. The third-order valence-corrected chi connectivity index (χ3v) is 4.04. The summed E-state index contributed by atoms with van der Waals surface area (Å²) in [6, 6.07) is 0. The molecule has 2 aliphatic rings. The number of rotatable bonds is 4. The first-order chi connectivity index (χ1) is 10.8. The third-order valence-electron chi connectivity index (χ3n) is 1.92. The Hall–Kier alpha value is -2.32. The number of carbonyl (C=O) groups is 6. The maximum Gasteiger partial charge on any atom is 0.537 e. The average molecular weight is 368 g/mol. The molecule has 0 aromatic heterocycles. The van der Waals surface area contributed by atoms with Gasteiger partial charge in [0, 0.05) is 0 Å². The van der Waals surface area contributed by atoms with E-state index in [4.69, 9.17) is 0 Å². The zero-order valence-electron chi connectivity index (χ0n) is 10.9. The van der Waals surface area contributed by atoms with E-state index in [0.29, 0.717) is 0 Å². The molecule has 0 N–H and O–H groups in total. The van der Waals surface area contributed by atoms with Gasteiger partial charge in [0.1, 0.15) is 19.3 Å². The molecular weight excluding hydrogens is 362 g/mol. The van der Waals surface area contributed by atoms with Crippen LogP contribution in [0.4, 0.5) is 0 Å². The highest BCUT2D eigenvalue weighted by atomic mass is 31.2. The Kier molecular flexibility index (Phi) is 5.41. The molecule has 0 bridgehead atoms. The van der Waals surface area contributed by atoms with E-state index >= 15 is 0 Å². The van der Waals surface area contributed by atoms with Gasteiger partial charge in [-0.05, 0) is 0 Å². The second-order valence-electron chi connectivity index (χ2n) is 3.76. The summed E-state index contributed by atoms with van der Waals surface area (Å²) in [5.41, 5.74) is 0. The van der Waals surface area contributed by atoms with Crippen molar-refractivity contribution in [3.05, 3.63) is 0 Å². The molecule has 0 unspecified atom stereocenters. The van der Waals surface area contributed by atoms with Crippen LogP contribution in [-0.4, -0.2) is 35.8 Å². The Morgan fingerprint density at radius 3 is 1.35 bits per heavy atom. The topological polar surface area (TPSA) is 158 Å². The molecular formula is C9H6O12P2. The molecule has 0 saturated carbocycles. The van der Waals surface area contributed by atoms with Crippen molar-refractivity contribution in [2.45, 2.75) is 19.3 Å². The second-order valence-corrected chi connectivity index (χ2v) is 5.75. The monoisotopic (exact) mass is 368 g/mol. The molecule has 0 amide bonds. The minimum absolute atomic E-state index is 0.612. The van der Waals surface area contributed by atoms with Crippen molar-refractivity contribution in [3.8, 4) is 0 Å². The molecule has 0 atom stereocenters. The molecule has 2 rings (SSSR count). The highest BCUT2D eigenvalue weighted by Crippen LogP contribution is 2.45. The van der Waals surface area contributed by atoms with E-state index in [0.717, 1.165) is 0 Å². The van der Waals surface area contributed by atoms with Gasteiger partial charge in [-0.3, -0.25) is 28.8 Å². The van der Waals surface area contributed by atoms with Crippen LogP contribution in [0.15, 0.2) is 0 Å². The molecule has 2 saturated heterocycles. The fourth-order valence-electron chi connectivity index (χ4n) is 1.16. The Balaban J connectivity index is 1.77. The molecule has 23 heavy (non-hydrogen) atoms. The summed E-state index contributed by atoms with van der Waals surface area (Å²) >= 11 is 0. The standard InChI is InChI=1S/C9H6O12P2/c10-4-1-5(11)17-22(16-4)20-8(14)3-9(15)21-23-18-6(12)2-7(13)19-23/h1-3H2. The normalized spacial score (nSPS) is 19.1. The van der Waals surface area contributed by atoms with Crippen LogP contribution in [0, 0.1) is 0 Å². The summed E-state index contributed by atoms with van der Waals surface area (Å²) < 4.78 is 26.7. The molecule has 2 aliphatic heterocycles. The highest BCUT2D eigenvalue weighted by Gasteiger charge is 2.37. The van der Waals surface area contributed by atoms with Gasteiger partial charge in [-0.25, -0.2) is 0 Å². The van der Waals surface area contributed by atoms with Gasteiger partial charge in [-0.2, -0.15) is 0 Å². The van der Waals surface area contributed by atoms with Crippen molar-refractivity contribution in [2.24, 2.45) is 0 Å². The summed E-state index contributed by atoms with van der Waals surface area (Å²) in [6.07, 6.45) is -2.21. The molecule has 0 aliphatic carbocycles. The minimum atomic E-state index is -2.58. The van der Waals surface area contributed by atoms with Crippen LogP contribution in [0.2, 0.25) is 0 Å². The molecule has 0 spiro atoms. The lowest BCUT2D eigenvalue weighted by Crippen LogP contribution is -2.22. The third kappa shape index (κ3) is 5.42. The molecule has 2 heterocycles. The van der Waals surface area contributed by atoms with Gasteiger partial charge in [0.05, 0.1) is 0 Å². The van der Waals surface area contributed by atoms with E-state index in [-0.39, 0.29) is 0 Å². The van der Waals surface area contributed by atoms with Gasteiger partial charge in [0.15, 0.2) is 0 Å². The predicted molar refractivity (Wildman–Crippen MR) is 64.2 cm³/mol. The molecule has 12 nitrogen and oxygen atoms in total. The Morgan fingerprint density at radius 2 is 1.04 bits per heavy atom. The molecule has 2 fully saturated rings. The van der Waals surface area contributed by atoms with Gasteiger partial charge in [-0.1, -0.05) is 0 Å². The van der Waals surface area contributed by atoms with Crippen LogP contribution >= 0.6 is 17.2 Å². The van der Waals surface area contributed by atoms with Crippen LogP contribution in [0.1, 0.15) is 19.3 Å². The first kappa shape index (κ1) is 17.0. The van der Waals surface area contributed by atoms with Crippen LogP contribution in [0.3, 0.4) is 0 Å². The summed E-state index contributed by atoms with van der Waals surface area (Å²) in [6.45, 7) is 0. The van der Waals surface area contributed by atoms with Gasteiger partial charge >= 0.3 is 53.0 Å². The largest absolute Gasteiger partial charge is 0.537 e. The van der Waals surface area contributed by atoms with E-state index < -0.39 is 72.3 Å². The Labute approximate surface area is 129 Å². The lowest BCUT2D eigenvalue weighted by atomic mass is 10.5. The van der Waals surface area contributed by atoms with Gasteiger partial charge < -0.3 is 27.1 Å². The van der Waals surface area contributed by atoms with Crippen LogP contribution in [0.25, 0.3) is 0 Å². The maximum absolute atomic E-state index is 11.4. The first-order valence-electron chi connectivity index (χ1n) is 5.67. The Morgan fingerprint density at radius 1 is 0.739 bits per heavy atom. The van der Waals surface area contributed by atoms with Gasteiger partial charge in [-0.15, -0.1) is 0 Å². The summed E-state index contributed by atoms with van der Waals surface area (Å²) in [7, 11) is -5.15. The summed E-state index contributed by atoms with van der Waals surface area (Å²) in [5, 5.41) is 0. The molecule has 0 aromatic rings. The van der Waals surface area contributed by atoms with E-state index in [9.17, 15) is 28.8 Å². The second kappa shape index (κ2) is 7.30. The van der Waals surface area contributed by atoms with Crippen molar-refractivity contribution in [1.82, 2.24) is 0 Å². The zero-order valence-corrected chi connectivity index (χ0v) is 12.7. The van der Waals surface area contributed by atoms with E-state index in [1.165, 1.54) is 0 Å². The van der Waals surface area contributed by atoms with E-state index in [2.05, 4.69) is 27.1 Å². The fraction of sp³-hybridized carbons (Fsp3) is 0.333. The number of hydrogen-bond acceptors (Lipinski definition) is 12. The van der Waals surface area contributed by atoms with E-state index in [1.54, 1.807) is 0 Å². The minimum Gasteiger partial charge on any atom is -0.375 e. The van der Waals surface area contributed by atoms with Crippen molar-refractivity contribution in [3.63, 3.8) is 0 Å². The van der Waals surface area contributed by atoms with Crippen molar-refractivity contribution >= 4 is 53.0 Å². The van der Waals surface area contributed by atoms with E-state index in [1.807, 2.05) is 0 Å². The summed E-state index contributed by atoms with van der Waals surface area (Å²) in [5.74, 6) is -6.21. The van der Waals surface area contributed by atoms with Gasteiger partial charge in [0.25, 0.3) is 0 Å². The lowest BCUT2D eigenvalue weighted by Gasteiger charge is -2.19. The number of hydrogen-bond donors (Lipinski definition) is 0. The molecule has 0 radical (unpaired) electrons. The van der Waals surface area contributed by atoms with Crippen LogP contribution in [-0.2, 0) is 55.9 Å². The summed E-state index contributed by atoms with van der Waals surface area (Å²) in [4.78, 5) is 66.5. The SMILES string of the molecule is O=C1CC(=O)OP(OC(=O)CC(=O)OP2OC(=O)CC(=O)O2)O1. The molecule has 0 aromatic carbocycles. The molecule has 14 heteroatoms. The quantitative estimate of drug-likeness (QED) is 0.480. The zero-order chi connectivity index (χ0) is 17.0. The smallest absolute Gasteiger partial charge is 0.375 e. The van der Waals surface area contributed by atoms with Crippen LogP contribution in [0.5, 0.6) is 0 Å². The average Bonchev–Trinajstić information content (AvgIpc) is 2.34. The van der Waals surface area contributed by atoms with Gasteiger partial charge in [0.2, 0.25) is 0 Å². The fourth-order valence-corrected chi connectivity index (χ4v) is 2.77. The van der Waals surface area contributed by atoms with Crippen LogP contribution < -0.4 is 0 Å². The Bertz CT molecular complexity index is 503. The number of carbonyl (C=O) groups excluding carboxylic acids is 6. The molecule has 124 valence electrons. The van der Waals surface area contributed by atoms with Crippen molar-refractivity contribution in [2.75, 3.05) is 0 Å². The van der Waals surface area contributed by atoms with Crippen molar-refractivity contribution < 1.29 is 55.9 Å². The maximum atomic E-state index is 11.4. The van der Waals surface area contributed by atoms with Crippen molar-refractivity contribution in [1.29, 1.82) is 0 Å². The lowest BCUT2D eigenvalue weighted by molar-refractivity contribution is -0.153.